The number of aromatic nitrogens is 4. The van der Waals surface area contributed by atoms with E-state index in [0.717, 1.165) is 17.2 Å². The summed E-state index contributed by atoms with van der Waals surface area (Å²) in [6.45, 7) is 9.70. The van der Waals surface area contributed by atoms with Crippen LogP contribution in [0.25, 0.3) is 16.9 Å². The lowest BCUT2D eigenvalue weighted by atomic mass is 10.0. The zero-order chi connectivity index (χ0) is 27.1. The van der Waals surface area contributed by atoms with Crippen LogP contribution in [-0.2, 0) is 12.2 Å². The molecule has 1 N–H and O–H groups in total. The largest absolute Gasteiger partial charge is 0.472 e. The van der Waals surface area contributed by atoms with Gasteiger partial charge in [0.15, 0.2) is 5.82 Å². The van der Waals surface area contributed by atoms with Gasteiger partial charge in [-0.2, -0.15) is 4.98 Å². The maximum atomic E-state index is 14.1. The number of halogens is 2. The van der Waals surface area contributed by atoms with Gasteiger partial charge in [-0.3, -0.25) is 9.36 Å². The summed E-state index contributed by atoms with van der Waals surface area (Å²) in [6.07, 6.45) is 1.66. The van der Waals surface area contributed by atoms with Crippen LogP contribution in [0.4, 0.5) is 8.78 Å². The molecular weight excluding hydrogens is 478 g/mol. The lowest BCUT2D eigenvalue weighted by Gasteiger charge is -2.18. The topological polar surface area (TPSA) is 90.1 Å². The van der Waals surface area contributed by atoms with Crippen molar-refractivity contribution < 1.29 is 18.6 Å². The van der Waals surface area contributed by atoms with Crippen molar-refractivity contribution in [2.24, 2.45) is 0 Å². The molecule has 0 radical (unpaired) electrons. The highest BCUT2D eigenvalue weighted by atomic mass is 19.1. The summed E-state index contributed by atoms with van der Waals surface area (Å²) in [5.41, 5.74) is 1.94. The minimum atomic E-state index is -1.21. The monoisotopic (exact) mass is 506 g/mol. The normalized spacial score (nSPS) is 11.6. The van der Waals surface area contributed by atoms with Crippen LogP contribution < -0.4 is 10.3 Å². The molecule has 4 aromatic rings. The van der Waals surface area contributed by atoms with E-state index in [1.54, 1.807) is 46.0 Å². The van der Waals surface area contributed by atoms with Crippen molar-refractivity contribution in [3.63, 3.8) is 0 Å². The summed E-state index contributed by atoms with van der Waals surface area (Å²) in [5.74, 6) is -0.619. The van der Waals surface area contributed by atoms with Gasteiger partial charge in [-0.25, -0.2) is 18.7 Å². The summed E-state index contributed by atoms with van der Waals surface area (Å²) < 4.78 is 34.9. The highest BCUT2D eigenvalue weighted by Gasteiger charge is 2.21. The fourth-order valence-electron chi connectivity index (χ4n) is 3.93. The molecule has 2 aromatic heterocycles. The fourth-order valence-corrected chi connectivity index (χ4v) is 3.93. The van der Waals surface area contributed by atoms with Crippen molar-refractivity contribution in [2.45, 2.75) is 53.8 Å². The summed E-state index contributed by atoms with van der Waals surface area (Å²) in [7, 11) is 0. The van der Waals surface area contributed by atoms with Crippen LogP contribution >= 0.6 is 0 Å². The molecule has 0 fully saturated rings. The summed E-state index contributed by atoms with van der Waals surface area (Å²) in [6, 6.07) is 9.46. The van der Waals surface area contributed by atoms with E-state index in [-0.39, 0.29) is 29.2 Å². The van der Waals surface area contributed by atoms with E-state index < -0.39 is 17.2 Å². The molecule has 4 rings (SSSR count). The predicted octanol–water partition coefficient (Wildman–Crippen LogP) is 5.01. The molecule has 0 aliphatic carbocycles. The van der Waals surface area contributed by atoms with Gasteiger partial charge in [0.1, 0.15) is 29.7 Å². The van der Waals surface area contributed by atoms with Gasteiger partial charge < -0.3 is 9.84 Å². The van der Waals surface area contributed by atoms with E-state index >= 15 is 0 Å². The Labute approximate surface area is 213 Å². The number of aryl methyl sites for hydroxylation is 3. The second-order valence-corrected chi connectivity index (χ2v) is 9.55. The van der Waals surface area contributed by atoms with Gasteiger partial charge in [-0.1, -0.05) is 12.1 Å². The van der Waals surface area contributed by atoms with Crippen molar-refractivity contribution in [1.29, 1.82) is 0 Å². The Morgan fingerprint density at radius 2 is 1.73 bits per heavy atom. The van der Waals surface area contributed by atoms with Crippen LogP contribution in [0.5, 0.6) is 5.88 Å². The SMILES string of the molecule is Cc1cc(COc2nc(C)n(-c3cccc(-c4nc(C(C)(C)O)ncc4C)c3)c(=O)c2C)c(F)cc1F. The van der Waals surface area contributed by atoms with Crippen molar-refractivity contribution in [3.05, 3.63) is 98.5 Å². The number of hydrogen-bond acceptors (Lipinski definition) is 6. The number of rotatable bonds is 6. The first-order valence-electron chi connectivity index (χ1n) is 11.7. The standard InChI is InChI=1S/C28H28F2N4O3/c1-15-10-20(23(30)12-22(15)29)14-37-25-17(3)26(35)34(18(4)32-25)21-9-7-8-19(11-21)24-16(2)13-31-27(33-24)28(5,6)36/h7-13,36H,14H2,1-6H3. The molecule has 0 bridgehead atoms. The van der Waals surface area contributed by atoms with E-state index in [2.05, 4.69) is 15.0 Å². The molecule has 192 valence electrons. The average Bonchev–Trinajstić information content (AvgIpc) is 2.83. The molecule has 0 saturated heterocycles. The molecule has 0 amide bonds. The first-order valence-corrected chi connectivity index (χ1v) is 11.7. The third kappa shape index (κ3) is 5.27. The molecule has 2 heterocycles. The summed E-state index contributed by atoms with van der Waals surface area (Å²) >= 11 is 0. The first-order chi connectivity index (χ1) is 17.4. The van der Waals surface area contributed by atoms with Crippen LogP contribution in [0.2, 0.25) is 0 Å². The molecular formula is C28H28F2N4O3. The molecule has 0 atom stereocenters. The molecule has 0 aliphatic heterocycles. The molecule has 0 aliphatic rings. The minimum Gasteiger partial charge on any atom is -0.472 e. The molecule has 9 heteroatoms. The molecule has 2 aromatic carbocycles. The van der Waals surface area contributed by atoms with E-state index in [1.165, 1.54) is 17.6 Å². The predicted molar refractivity (Wildman–Crippen MR) is 136 cm³/mol. The zero-order valence-corrected chi connectivity index (χ0v) is 21.6. The Morgan fingerprint density at radius 1 is 1.00 bits per heavy atom. The number of benzene rings is 2. The Hall–Kier alpha value is -3.98. The lowest BCUT2D eigenvalue weighted by molar-refractivity contribution is 0.0688. The third-order valence-electron chi connectivity index (χ3n) is 6.02. The number of aliphatic hydroxyl groups is 1. The van der Waals surface area contributed by atoms with Crippen LogP contribution in [0.1, 0.15) is 47.8 Å². The van der Waals surface area contributed by atoms with Gasteiger partial charge >= 0.3 is 0 Å². The molecule has 0 spiro atoms. The van der Waals surface area contributed by atoms with Gasteiger partial charge in [0.05, 0.1) is 16.9 Å². The minimum absolute atomic E-state index is 0.0812. The van der Waals surface area contributed by atoms with Crippen LogP contribution in [-0.4, -0.2) is 24.6 Å². The van der Waals surface area contributed by atoms with E-state index in [9.17, 15) is 18.7 Å². The number of nitrogens with zero attached hydrogens (tertiary/aromatic N) is 4. The van der Waals surface area contributed by atoms with Crippen molar-refractivity contribution in [1.82, 2.24) is 19.5 Å². The third-order valence-corrected chi connectivity index (χ3v) is 6.02. The molecule has 0 unspecified atom stereocenters. The maximum Gasteiger partial charge on any atom is 0.264 e. The second kappa shape index (κ2) is 9.82. The average molecular weight is 507 g/mol. The van der Waals surface area contributed by atoms with Crippen LogP contribution in [0.15, 0.2) is 47.4 Å². The van der Waals surface area contributed by atoms with Gasteiger partial charge in [-0.05, 0) is 70.9 Å². The quantitative estimate of drug-likeness (QED) is 0.396. The summed E-state index contributed by atoms with van der Waals surface area (Å²) in [4.78, 5) is 26.6. The smallest absolute Gasteiger partial charge is 0.264 e. The Bertz CT molecular complexity index is 1560. The Kier molecular flexibility index (Phi) is 6.92. The Morgan fingerprint density at radius 3 is 2.43 bits per heavy atom. The molecule has 37 heavy (non-hydrogen) atoms. The zero-order valence-electron chi connectivity index (χ0n) is 21.6. The van der Waals surface area contributed by atoms with Gasteiger partial charge in [-0.15, -0.1) is 0 Å². The number of hydrogen-bond donors (Lipinski definition) is 1. The molecule has 7 nitrogen and oxygen atoms in total. The van der Waals surface area contributed by atoms with Gasteiger partial charge in [0.25, 0.3) is 5.56 Å². The van der Waals surface area contributed by atoms with Gasteiger partial charge in [0, 0.05) is 23.4 Å². The van der Waals surface area contributed by atoms with E-state index in [4.69, 9.17) is 4.74 Å². The van der Waals surface area contributed by atoms with Crippen molar-refractivity contribution in [3.8, 4) is 22.8 Å². The second-order valence-electron chi connectivity index (χ2n) is 9.55. The maximum absolute atomic E-state index is 14.1. The highest BCUT2D eigenvalue weighted by Crippen LogP contribution is 2.26. The highest BCUT2D eigenvalue weighted by molar-refractivity contribution is 5.65. The van der Waals surface area contributed by atoms with E-state index in [1.807, 2.05) is 19.1 Å². The lowest BCUT2D eigenvalue weighted by Crippen LogP contribution is -2.25. The van der Waals surface area contributed by atoms with Crippen molar-refractivity contribution >= 4 is 0 Å². The van der Waals surface area contributed by atoms with E-state index in [0.29, 0.717) is 28.6 Å². The Balaban J connectivity index is 1.70. The fraction of sp³-hybridized carbons (Fsp3) is 0.286. The van der Waals surface area contributed by atoms with Crippen molar-refractivity contribution in [2.75, 3.05) is 0 Å². The first kappa shape index (κ1) is 26.1. The van der Waals surface area contributed by atoms with Gasteiger partial charge in [0.2, 0.25) is 5.88 Å². The van der Waals surface area contributed by atoms with Crippen LogP contribution in [0, 0.1) is 39.3 Å². The number of ether oxygens (including phenoxy) is 1. The van der Waals surface area contributed by atoms with Crippen LogP contribution in [0.3, 0.4) is 0 Å². The molecule has 0 saturated carbocycles. The summed E-state index contributed by atoms with van der Waals surface area (Å²) in [5, 5.41) is 10.3.